The number of allylic oxidation sites excluding steroid dienone is 2. The van der Waals surface area contributed by atoms with Crippen molar-refractivity contribution in [2.45, 2.75) is 192 Å². The largest absolute Gasteiger partial charge is 0.387 e. The van der Waals surface area contributed by atoms with Gasteiger partial charge in [0.05, 0.1) is 31.4 Å². The number of carbonyl (C=O) groups excluding carboxylic acids is 3. The van der Waals surface area contributed by atoms with E-state index in [1.807, 2.05) is 0 Å². The van der Waals surface area contributed by atoms with Crippen LogP contribution in [0.25, 0.3) is 0 Å². The maximum absolute atomic E-state index is 12.1. The Bertz CT molecular complexity index is 1170. The third kappa shape index (κ3) is 37.6. The average Bonchev–Trinajstić information content (AvgIpc) is 3.23. The molecule has 2 unspecified atom stereocenters. The molecule has 346 valence electrons. The zero-order chi connectivity index (χ0) is 44.3. The molecule has 0 aromatic heterocycles. The summed E-state index contributed by atoms with van der Waals surface area (Å²) in [6, 6.07) is 1.77. The predicted molar refractivity (Wildman–Crippen MR) is 248 cm³/mol. The van der Waals surface area contributed by atoms with E-state index in [-0.39, 0.29) is 29.8 Å². The van der Waals surface area contributed by atoms with Crippen LogP contribution in [0.15, 0.2) is 36.7 Å². The highest BCUT2D eigenvalue weighted by molar-refractivity contribution is 5.79. The molecule has 0 heterocycles. The van der Waals surface area contributed by atoms with E-state index in [0.29, 0.717) is 70.9 Å². The number of ether oxygens (including phenoxy) is 2. The Morgan fingerprint density at radius 3 is 1.55 bits per heavy atom. The minimum absolute atomic E-state index is 0.0397. The van der Waals surface area contributed by atoms with Crippen LogP contribution in [0.4, 0.5) is 0 Å². The maximum Gasteiger partial charge on any atom is 0.234 e. The van der Waals surface area contributed by atoms with Gasteiger partial charge in [-0.2, -0.15) is 5.26 Å². The molecule has 0 aliphatic rings. The maximum atomic E-state index is 12.1. The van der Waals surface area contributed by atoms with Crippen molar-refractivity contribution >= 4 is 17.7 Å². The molecule has 0 radical (unpaired) electrons. The molecule has 0 aliphatic carbocycles. The Hall–Kier alpha value is -3.40. The lowest BCUT2D eigenvalue weighted by atomic mass is 10.0. The summed E-state index contributed by atoms with van der Waals surface area (Å²) in [6.45, 7) is 18.7. The van der Waals surface area contributed by atoms with Gasteiger partial charge < -0.3 is 41.8 Å². The van der Waals surface area contributed by atoms with Crippen molar-refractivity contribution in [3.63, 3.8) is 0 Å². The molecule has 0 spiro atoms. The molecule has 7 N–H and O–H groups in total. The molecule has 0 rings (SSSR count). The van der Waals surface area contributed by atoms with Gasteiger partial charge in [0.15, 0.2) is 0 Å². The van der Waals surface area contributed by atoms with E-state index in [0.717, 1.165) is 88.4 Å². The van der Waals surface area contributed by atoms with Crippen LogP contribution in [0.2, 0.25) is 0 Å². The molecule has 0 aromatic carbocycles. The van der Waals surface area contributed by atoms with Gasteiger partial charge >= 0.3 is 0 Å². The molecule has 0 bridgehead atoms. The van der Waals surface area contributed by atoms with E-state index in [4.69, 9.17) is 15.2 Å². The van der Waals surface area contributed by atoms with E-state index in [1.54, 1.807) is 7.05 Å². The Kier molecular flexibility index (Phi) is 39.9. The van der Waals surface area contributed by atoms with Gasteiger partial charge in [0.25, 0.3) is 0 Å². The van der Waals surface area contributed by atoms with E-state index in [2.05, 4.69) is 59.3 Å². The van der Waals surface area contributed by atoms with Crippen LogP contribution in [-0.2, 0) is 23.9 Å². The van der Waals surface area contributed by atoms with Crippen molar-refractivity contribution < 1.29 is 23.9 Å². The number of unbranched alkanes of at least 4 members (excludes halogenated alkanes) is 17. The zero-order valence-electron chi connectivity index (χ0n) is 38.4. The average molecular weight is 844 g/mol. The van der Waals surface area contributed by atoms with Crippen LogP contribution in [0.5, 0.6) is 0 Å². The lowest BCUT2D eigenvalue weighted by Gasteiger charge is -2.21. The highest BCUT2D eigenvalue weighted by Crippen LogP contribution is 2.16. The number of hydrogen-bond acceptors (Lipinski definition) is 9. The monoisotopic (exact) mass is 844 g/mol. The van der Waals surface area contributed by atoms with Gasteiger partial charge in [-0.1, -0.05) is 117 Å². The summed E-state index contributed by atoms with van der Waals surface area (Å²) in [7, 11) is 1.72. The van der Waals surface area contributed by atoms with E-state index in [1.165, 1.54) is 77.0 Å². The topological polar surface area (TPSA) is 180 Å². The second-order valence-electron chi connectivity index (χ2n) is 16.3. The molecular formula is C48H89N7O5. The summed E-state index contributed by atoms with van der Waals surface area (Å²) < 4.78 is 11.4. The normalized spacial score (nSPS) is 11.9. The number of hydrogen-bond donors (Lipinski definition) is 6. The fourth-order valence-corrected chi connectivity index (χ4v) is 6.90. The Morgan fingerprint density at radius 2 is 1.03 bits per heavy atom. The lowest BCUT2D eigenvalue weighted by Crippen LogP contribution is -2.39. The van der Waals surface area contributed by atoms with Crippen LogP contribution in [0, 0.1) is 11.3 Å². The fourth-order valence-electron chi connectivity index (χ4n) is 6.90. The second kappa shape index (κ2) is 42.3. The number of amides is 3. The van der Waals surface area contributed by atoms with Gasteiger partial charge in [0.1, 0.15) is 0 Å². The van der Waals surface area contributed by atoms with E-state index in [9.17, 15) is 19.6 Å². The molecule has 2 atom stereocenters. The number of nitriles is 1. The van der Waals surface area contributed by atoms with Crippen LogP contribution in [0.1, 0.15) is 180 Å². The molecule has 0 fully saturated rings. The Balaban J connectivity index is 3.70. The smallest absolute Gasteiger partial charge is 0.234 e. The third-order valence-electron chi connectivity index (χ3n) is 10.8. The summed E-state index contributed by atoms with van der Waals surface area (Å²) in [5, 5.41) is 25.0. The standard InChI is InChI=1S/C48H89N7O5/c1-6-7-8-9-10-11-12-13-14-15-16-17-20-27-43(4)55-44(41(2)40-49)32-31-42(3)52-34-38-59-36-25-19-22-30-47(57)54-35-39-60-37-26-18-21-29-46(56)53-33-24-23-28-45(51-5)48(50)58/h44-45,51-52,55H,2-4,6-39H2,1,5H3,(H2,50,58)(H,53,56)(H,54,57). The number of nitrogens with zero attached hydrogens (tertiary/aromatic N) is 1. The molecule has 0 saturated heterocycles. The Morgan fingerprint density at radius 1 is 0.550 bits per heavy atom. The van der Waals surface area contributed by atoms with Crippen molar-refractivity contribution in [2.75, 3.05) is 53.1 Å². The molecule has 60 heavy (non-hydrogen) atoms. The number of primary amides is 1. The van der Waals surface area contributed by atoms with Crippen molar-refractivity contribution in [1.29, 1.82) is 5.26 Å². The third-order valence-corrected chi connectivity index (χ3v) is 10.8. The summed E-state index contributed by atoms with van der Waals surface area (Å²) >= 11 is 0. The van der Waals surface area contributed by atoms with Gasteiger partial charge in [0.2, 0.25) is 17.7 Å². The molecule has 3 amide bonds. The van der Waals surface area contributed by atoms with E-state index < -0.39 is 0 Å². The van der Waals surface area contributed by atoms with Crippen molar-refractivity contribution in [1.82, 2.24) is 26.6 Å². The number of nitrogens with two attached hydrogens (primary N) is 1. The summed E-state index contributed by atoms with van der Waals surface area (Å²) in [5.41, 5.74) is 7.73. The Labute approximate surface area is 366 Å². The SMILES string of the molecule is C=C(CCC(NC(=C)CCCCCCCCCCCCCCC)C(=C)C#N)NCCOCCCCCC(=O)NCCOCCCCCC(=O)NCCCCC(NC)C(N)=O. The van der Waals surface area contributed by atoms with Crippen molar-refractivity contribution in [3.05, 3.63) is 36.7 Å². The molecule has 12 heteroatoms. The number of nitrogens with one attached hydrogen (secondary N) is 5. The van der Waals surface area contributed by atoms with Crippen LogP contribution < -0.4 is 32.3 Å². The van der Waals surface area contributed by atoms with Crippen molar-refractivity contribution in [2.24, 2.45) is 5.73 Å². The van der Waals surface area contributed by atoms with Crippen molar-refractivity contribution in [3.8, 4) is 6.07 Å². The number of likely N-dealkylation sites (N-methyl/N-ethyl adjacent to an activating group) is 1. The van der Waals surface area contributed by atoms with Crippen LogP contribution >= 0.6 is 0 Å². The van der Waals surface area contributed by atoms with Gasteiger partial charge in [-0.05, 0) is 77.7 Å². The van der Waals surface area contributed by atoms with E-state index >= 15 is 0 Å². The second-order valence-corrected chi connectivity index (χ2v) is 16.3. The molecule has 0 aliphatic heterocycles. The first-order chi connectivity index (χ1) is 29.1. The molecule has 12 nitrogen and oxygen atoms in total. The molecular weight excluding hydrogens is 755 g/mol. The van der Waals surface area contributed by atoms with Gasteiger partial charge in [0, 0.05) is 62.7 Å². The van der Waals surface area contributed by atoms with Gasteiger partial charge in [-0.3, -0.25) is 14.4 Å². The first-order valence-electron chi connectivity index (χ1n) is 23.7. The number of rotatable bonds is 46. The quantitative estimate of drug-likeness (QED) is 0.0259. The highest BCUT2D eigenvalue weighted by Gasteiger charge is 2.14. The zero-order valence-corrected chi connectivity index (χ0v) is 38.4. The van der Waals surface area contributed by atoms with Crippen LogP contribution in [0.3, 0.4) is 0 Å². The number of carbonyl (C=O) groups is 3. The summed E-state index contributed by atoms with van der Waals surface area (Å²) in [5.74, 6) is -0.261. The minimum atomic E-state index is -0.350. The van der Waals surface area contributed by atoms with Gasteiger partial charge in [-0.25, -0.2) is 0 Å². The van der Waals surface area contributed by atoms with Gasteiger partial charge in [-0.15, -0.1) is 0 Å². The molecule has 0 saturated carbocycles. The lowest BCUT2D eigenvalue weighted by molar-refractivity contribution is -0.122. The predicted octanol–water partition coefficient (Wildman–Crippen LogP) is 8.53. The first kappa shape index (κ1) is 56.6. The highest BCUT2D eigenvalue weighted by atomic mass is 16.5. The first-order valence-corrected chi connectivity index (χ1v) is 23.7. The fraction of sp³-hybridized carbons (Fsp3) is 0.792. The van der Waals surface area contributed by atoms with Crippen LogP contribution in [-0.4, -0.2) is 82.9 Å². The summed E-state index contributed by atoms with van der Waals surface area (Å²) in [6.07, 6.45) is 28.3. The molecule has 0 aromatic rings. The minimum Gasteiger partial charge on any atom is -0.387 e. The summed E-state index contributed by atoms with van der Waals surface area (Å²) in [4.78, 5) is 35.3.